The van der Waals surface area contributed by atoms with Gasteiger partial charge in [-0.3, -0.25) is 0 Å². The molecule has 2 aromatic carbocycles. The van der Waals surface area contributed by atoms with Crippen molar-refractivity contribution in [1.82, 2.24) is 4.57 Å². The van der Waals surface area contributed by atoms with E-state index >= 15 is 0 Å². The number of benzene rings is 2. The van der Waals surface area contributed by atoms with Crippen LogP contribution in [0, 0.1) is 5.92 Å². The average molecular weight is 566 g/mol. The molecule has 42 heavy (non-hydrogen) atoms. The van der Waals surface area contributed by atoms with Gasteiger partial charge in [-0.2, -0.15) is 0 Å². The number of hydrogen-bond acceptors (Lipinski definition) is 5. The Morgan fingerprint density at radius 1 is 1.00 bits per heavy atom. The van der Waals surface area contributed by atoms with Gasteiger partial charge in [0.25, 0.3) is 0 Å². The molecule has 0 spiro atoms. The number of nitrogens with zero attached hydrogens (tertiary/aromatic N) is 3. The van der Waals surface area contributed by atoms with E-state index in [0.29, 0.717) is 24.1 Å². The van der Waals surface area contributed by atoms with Gasteiger partial charge in [-0.25, -0.2) is 14.8 Å². The summed E-state index contributed by atoms with van der Waals surface area (Å²) in [6.07, 6.45) is 10.5. The normalized spacial score (nSPS) is 20.5. The molecule has 0 unspecified atom stereocenters. The summed E-state index contributed by atoms with van der Waals surface area (Å²) in [7, 11) is 1.46. The lowest BCUT2D eigenvalue weighted by molar-refractivity contribution is 0.0585. The highest BCUT2D eigenvalue weighted by Crippen LogP contribution is 2.48. The second-order valence-corrected chi connectivity index (χ2v) is 12.1. The molecule has 0 bridgehead atoms. The maximum absolute atomic E-state index is 13.0. The van der Waals surface area contributed by atoms with Crippen molar-refractivity contribution in [3.8, 4) is 11.1 Å². The molecule has 0 N–H and O–H groups in total. The van der Waals surface area contributed by atoms with E-state index in [2.05, 4.69) is 48.7 Å². The van der Waals surface area contributed by atoms with Crippen molar-refractivity contribution in [2.24, 2.45) is 15.9 Å². The van der Waals surface area contributed by atoms with E-state index in [9.17, 15) is 4.79 Å². The number of aliphatic imine (C=N–C) groups is 2. The highest BCUT2D eigenvalue weighted by atomic mass is 16.5. The van der Waals surface area contributed by atoms with Crippen LogP contribution < -0.4 is 0 Å². The van der Waals surface area contributed by atoms with Gasteiger partial charge in [-0.05, 0) is 56.6 Å². The Morgan fingerprint density at radius 3 is 2.48 bits per heavy atom. The second kappa shape index (κ2) is 12.3. The van der Waals surface area contributed by atoms with Crippen LogP contribution >= 0.6 is 0 Å². The molecule has 1 aromatic heterocycles. The fourth-order valence-corrected chi connectivity index (χ4v) is 7.50. The monoisotopic (exact) mass is 565 g/mol. The minimum absolute atomic E-state index is 0.00912. The molecular weight excluding hydrogens is 522 g/mol. The summed E-state index contributed by atoms with van der Waals surface area (Å²) in [5.41, 5.74) is 6.52. The smallest absolute Gasteiger partial charge is 0.354 e. The van der Waals surface area contributed by atoms with Crippen molar-refractivity contribution in [3.05, 3.63) is 77.6 Å². The Bertz CT molecular complexity index is 1480. The zero-order valence-electron chi connectivity index (χ0n) is 25.3. The van der Waals surface area contributed by atoms with Crippen LogP contribution in [-0.2, 0) is 21.4 Å². The first-order valence-electron chi connectivity index (χ1n) is 15.9. The minimum atomic E-state index is -0.293. The Kier molecular flexibility index (Phi) is 8.32. The number of hydrogen-bond donors (Lipinski definition) is 0. The molecule has 1 aliphatic carbocycles. The third kappa shape index (κ3) is 5.21. The number of rotatable bonds is 8. The lowest BCUT2D eigenvalue weighted by Gasteiger charge is -2.39. The number of esters is 1. The van der Waals surface area contributed by atoms with Crippen LogP contribution in [0.1, 0.15) is 93.4 Å². The fourth-order valence-electron chi connectivity index (χ4n) is 7.50. The quantitative estimate of drug-likeness (QED) is 0.204. The number of carbonyl (C=O) groups is 1. The Balaban J connectivity index is 1.50. The number of aromatic nitrogens is 1. The number of fused-ring (bicyclic) bond motifs is 1. The molecule has 0 amide bonds. The third-order valence-corrected chi connectivity index (χ3v) is 9.93. The maximum atomic E-state index is 13.0. The summed E-state index contributed by atoms with van der Waals surface area (Å²) in [5.74, 6) is 0.928. The van der Waals surface area contributed by atoms with Crippen LogP contribution in [0.3, 0.4) is 0 Å². The van der Waals surface area contributed by atoms with Crippen molar-refractivity contribution in [2.75, 3.05) is 13.7 Å². The van der Waals surface area contributed by atoms with E-state index in [4.69, 9.17) is 19.5 Å². The minimum Gasteiger partial charge on any atom is -0.474 e. The van der Waals surface area contributed by atoms with Gasteiger partial charge in [-0.15, -0.1) is 0 Å². The molecule has 220 valence electrons. The first kappa shape index (κ1) is 28.4. The summed E-state index contributed by atoms with van der Waals surface area (Å²) in [4.78, 5) is 23.5. The first-order valence-corrected chi connectivity index (χ1v) is 15.9. The van der Waals surface area contributed by atoms with E-state index in [1.54, 1.807) is 0 Å². The summed E-state index contributed by atoms with van der Waals surface area (Å²) < 4.78 is 13.8. The van der Waals surface area contributed by atoms with Crippen LogP contribution in [0.5, 0.6) is 0 Å². The van der Waals surface area contributed by atoms with E-state index in [0.717, 1.165) is 60.3 Å². The predicted molar refractivity (Wildman–Crippen MR) is 169 cm³/mol. The summed E-state index contributed by atoms with van der Waals surface area (Å²) in [5, 5.41) is 0. The molecule has 6 nitrogen and oxygen atoms in total. The number of para-hydroxylation sites is 1. The first-order chi connectivity index (χ1) is 20.6. The molecule has 0 radical (unpaired) electrons. The summed E-state index contributed by atoms with van der Waals surface area (Å²) in [6.45, 7) is 5.97. The zero-order valence-corrected chi connectivity index (χ0v) is 25.3. The fraction of sp³-hybridized carbons (Fsp3) is 0.472. The molecule has 3 aromatic rings. The van der Waals surface area contributed by atoms with Gasteiger partial charge in [-0.1, -0.05) is 81.6 Å². The standard InChI is InChI=1S/C36H43N3O3/c1-4-36(5-2)21-14-22-39-31(35(40)41-3)23-28(33(36)39)27-19-12-13-20-29(27)37-32(26-17-10-7-11-18-26)34-38-30(24-42-34)25-15-8-6-9-16-25/h7,10-13,17-20,23,25,30H,4-6,8-9,14-16,21-22,24H2,1-3H3/t30-/m0/s1. The molecule has 2 aliphatic heterocycles. The van der Waals surface area contributed by atoms with Gasteiger partial charge in [0.05, 0.1) is 18.8 Å². The largest absolute Gasteiger partial charge is 0.474 e. The van der Waals surface area contributed by atoms with E-state index in [1.807, 2.05) is 30.3 Å². The van der Waals surface area contributed by atoms with E-state index in [1.165, 1.54) is 44.9 Å². The zero-order chi connectivity index (χ0) is 29.1. The van der Waals surface area contributed by atoms with Crippen molar-refractivity contribution < 1.29 is 14.3 Å². The van der Waals surface area contributed by atoms with Gasteiger partial charge < -0.3 is 14.0 Å². The average Bonchev–Trinajstić information content (AvgIpc) is 3.70. The highest BCUT2D eigenvalue weighted by Gasteiger charge is 2.39. The number of carbonyl (C=O) groups excluding carboxylic acids is 1. The molecule has 3 aliphatic rings. The van der Waals surface area contributed by atoms with Crippen LogP contribution in [-0.4, -0.2) is 41.9 Å². The Morgan fingerprint density at radius 2 is 1.74 bits per heavy atom. The van der Waals surface area contributed by atoms with E-state index in [-0.39, 0.29) is 17.4 Å². The van der Waals surface area contributed by atoms with Crippen molar-refractivity contribution >= 4 is 23.3 Å². The second-order valence-electron chi connectivity index (χ2n) is 12.1. The number of ether oxygens (including phenoxy) is 2. The highest BCUT2D eigenvalue weighted by molar-refractivity contribution is 6.46. The van der Waals surface area contributed by atoms with Gasteiger partial charge in [0, 0.05) is 34.3 Å². The van der Waals surface area contributed by atoms with Gasteiger partial charge in [0.1, 0.15) is 18.0 Å². The molecular formula is C36H43N3O3. The van der Waals surface area contributed by atoms with Crippen LogP contribution in [0.2, 0.25) is 0 Å². The van der Waals surface area contributed by atoms with Crippen LogP contribution in [0.25, 0.3) is 11.1 Å². The van der Waals surface area contributed by atoms with Crippen molar-refractivity contribution in [2.45, 2.75) is 89.6 Å². The lowest BCUT2D eigenvalue weighted by atomic mass is 9.71. The number of methoxy groups -OCH3 is 1. The third-order valence-electron chi connectivity index (χ3n) is 9.93. The summed E-state index contributed by atoms with van der Waals surface area (Å²) in [6, 6.07) is 20.8. The van der Waals surface area contributed by atoms with Crippen LogP contribution in [0.4, 0.5) is 5.69 Å². The maximum Gasteiger partial charge on any atom is 0.354 e. The molecule has 1 fully saturated rings. The van der Waals surface area contributed by atoms with E-state index < -0.39 is 0 Å². The molecule has 1 atom stereocenters. The Labute approximate surface area is 249 Å². The SMILES string of the molecule is CCC1(CC)CCCn2c(C(=O)OC)cc(-c3ccccc3N=C(C3=N[C@H](C4CCCCC4)CO3)c3ccccc3)c21. The molecule has 6 rings (SSSR count). The van der Waals surface area contributed by atoms with Crippen molar-refractivity contribution in [3.63, 3.8) is 0 Å². The molecule has 0 saturated heterocycles. The van der Waals surface area contributed by atoms with Gasteiger partial charge >= 0.3 is 5.97 Å². The molecule has 3 heterocycles. The Hall–Kier alpha value is -3.67. The van der Waals surface area contributed by atoms with Gasteiger partial charge in [0.2, 0.25) is 5.90 Å². The van der Waals surface area contributed by atoms with Crippen molar-refractivity contribution in [1.29, 1.82) is 0 Å². The summed E-state index contributed by atoms with van der Waals surface area (Å²) >= 11 is 0. The molecule has 1 saturated carbocycles. The molecule has 6 heteroatoms. The lowest BCUT2D eigenvalue weighted by Crippen LogP contribution is -2.34. The van der Waals surface area contributed by atoms with Gasteiger partial charge in [0.15, 0.2) is 0 Å². The topological polar surface area (TPSA) is 65.2 Å². The predicted octanol–water partition coefficient (Wildman–Crippen LogP) is 8.29. The van der Waals surface area contributed by atoms with Crippen LogP contribution in [0.15, 0.2) is 70.6 Å².